The fourth-order valence-corrected chi connectivity index (χ4v) is 1.42. The van der Waals surface area contributed by atoms with Crippen LogP contribution in [0.15, 0.2) is 18.2 Å². The molecule has 0 aliphatic heterocycles. The first-order chi connectivity index (χ1) is 6.15. The molecular weight excluding hydrogens is 302 g/mol. The lowest BCUT2D eigenvalue weighted by atomic mass is 10.2. The molecule has 0 aromatic heterocycles. The van der Waals surface area contributed by atoms with E-state index in [1.165, 1.54) is 18.2 Å². The summed E-state index contributed by atoms with van der Waals surface area (Å²) in [5, 5.41) is 0. The first-order valence-electron chi connectivity index (χ1n) is 3.42. The number of carbonyl (C=O) groups is 1. The maximum absolute atomic E-state index is 12.8. The summed E-state index contributed by atoms with van der Waals surface area (Å²) in [5.41, 5.74) is 0.351. The van der Waals surface area contributed by atoms with Crippen LogP contribution in [0.4, 0.5) is 4.39 Å². The average Bonchev–Trinajstić information content (AvgIpc) is 2.10. The fourth-order valence-electron chi connectivity index (χ4n) is 0.772. The first kappa shape index (κ1) is 10.6. The minimum atomic E-state index is -0.465. The van der Waals surface area contributed by atoms with Gasteiger partial charge in [0.05, 0.1) is 22.0 Å². The van der Waals surface area contributed by atoms with Gasteiger partial charge in [0.25, 0.3) is 0 Å². The van der Waals surface area contributed by atoms with Gasteiger partial charge in [-0.15, -0.1) is 0 Å². The zero-order valence-electron chi connectivity index (χ0n) is 6.51. The Hall–Kier alpha value is -0.433. The number of benzene rings is 1. The van der Waals surface area contributed by atoms with Gasteiger partial charge in [-0.05, 0) is 40.8 Å². The second kappa shape index (κ2) is 4.71. The van der Waals surface area contributed by atoms with E-state index in [1.807, 2.05) is 22.6 Å². The highest BCUT2D eigenvalue weighted by molar-refractivity contribution is 14.1. The monoisotopic (exact) mass is 307 g/mol. The fraction of sp³-hybridized carbons (Fsp3) is 0.125. The van der Waals surface area contributed by atoms with Crippen molar-refractivity contribution < 1.29 is 13.9 Å². The quantitative estimate of drug-likeness (QED) is 0.472. The highest BCUT2D eigenvalue weighted by atomic mass is 127. The van der Waals surface area contributed by atoms with E-state index in [4.69, 9.17) is 0 Å². The summed E-state index contributed by atoms with van der Waals surface area (Å²) in [7, 11) is 3.01. The standard InChI is InChI=1S/C8H5FIO2Si/c9-6-2-1-5(3-7(6)10)8(11)12-4-13/h1-3H,4H2. The Labute approximate surface area is 92.0 Å². The molecule has 0 aliphatic carbocycles. The molecule has 0 fully saturated rings. The normalized spacial score (nSPS) is 9.77. The van der Waals surface area contributed by atoms with Crippen molar-refractivity contribution >= 4 is 38.8 Å². The predicted molar refractivity (Wildman–Crippen MR) is 55.2 cm³/mol. The molecule has 0 amide bonds. The maximum Gasteiger partial charge on any atom is 0.337 e. The molecule has 67 valence electrons. The highest BCUT2D eigenvalue weighted by Gasteiger charge is 2.08. The molecule has 0 heterocycles. The number of ether oxygens (including phenoxy) is 1. The van der Waals surface area contributed by atoms with Crippen molar-refractivity contribution in [1.82, 2.24) is 0 Å². The SMILES string of the molecule is O=C(OC[Si])c1ccc(F)c(I)c1. The third-order valence-electron chi connectivity index (χ3n) is 1.36. The lowest BCUT2D eigenvalue weighted by molar-refractivity contribution is 0.0573. The number of hydrogen-bond donors (Lipinski definition) is 0. The molecule has 2 nitrogen and oxygen atoms in total. The zero-order valence-corrected chi connectivity index (χ0v) is 9.67. The molecule has 0 atom stereocenters. The molecule has 1 aromatic rings. The third kappa shape index (κ3) is 2.77. The van der Waals surface area contributed by atoms with Crippen LogP contribution in [0.5, 0.6) is 0 Å². The van der Waals surface area contributed by atoms with E-state index in [-0.39, 0.29) is 12.0 Å². The van der Waals surface area contributed by atoms with Crippen molar-refractivity contribution in [3.8, 4) is 0 Å². The van der Waals surface area contributed by atoms with Gasteiger partial charge in [0.15, 0.2) is 0 Å². The van der Waals surface area contributed by atoms with Gasteiger partial charge < -0.3 is 4.74 Å². The van der Waals surface area contributed by atoms with Gasteiger partial charge in [0, 0.05) is 3.57 Å². The predicted octanol–water partition coefficient (Wildman–Crippen LogP) is 1.71. The van der Waals surface area contributed by atoms with Crippen LogP contribution in [-0.4, -0.2) is 22.4 Å². The van der Waals surface area contributed by atoms with E-state index < -0.39 is 5.97 Å². The zero-order chi connectivity index (χ0) is 9.84. The van der Waals surface area contributed by atoms with E-state index in [1.54, 1.807) is 0 Å². The van der Waals surface area contributed by atoms with Gasteiger partial charge in [0.1, 0.15) is 5.82 Å². The van der Waals surface area contributed by atoms with Gasteiger partial charge in [-0.25, -0.2) is 9.18 Å². The smallest absolute Gasteiger partial charge is 0.337 e. The summed E-state index contributed by atoms with van der Waals surface area (Å²) in [6.45, 7) is 0. The summed E-state index contributed by atoms with van der Waals surface area (Å²) in [6, 6.07) is 4.08. The molecule has 5 heteroatoms. The van der Waals surface area contributed by atoms with Crippen LogP contribution in [0.3, 0.4) is 0 Å². The Bertz CT molecular complexity index is 330. The molecule has 1 rings (SSSR count). The van der Waals surface area contributed by atoms with Crippen LogP contribution in [0.2, 0.25) is 0 Å². The van der Waals surface area contributed by atoms with Crippen LogP contribution in [0, 0.1) is 9.39 Å². The summed E-state index contributed by atoms with van der Waals surface area (Å²) in [4.78, 5) is 11.1. The van der Waals surface area contributed by atoms with E-state index in [2.05, 4.69) is 15.0 Å². The minimum absolute atomic E-state index is 0.132. The van der Waals surface area contributed by atoms with Crippen molar-refractivity contribution in [3.63, 3.8) is 0 Å². The number of hydrogen-bond acceptors (Lipinski definition) is 2. The molecule has 0 saturated heterocycles. The van der Waals surface area contributed by atoms with E-state index in [0.29, 0.717) is 9.13 Å². The largest absolute Gasteiger partial charge is 0.467 e. The van der Waals surface area contributed by atoms with Crippen molar-refractivity contribution in [1.29, 1.82) is 0 Å². The number of carbonyl (C=O) groups excluding carboxylic acids is 1. The van der Waals surface area contributed by atoms with Crippen molar-refractivity contribution in [3.05, 3.63) is 33.1 Å². The van der Waals surface area contributed by atoms with Gasteiger partial charge in [-0.3, -0.25) is 0 Å². The van der Waals surface area contributed by atoms with E-state index in [9.17, 15) is 9.18 Å². The van der Waals surface area contributed by atoms with Gasteiger partial charge in [-0.1, -0.05) is 0 Å². The number of halogens is 2. The Morgan fingerprint density at radius 3 is 2.85 bits per heavy atom. The molecule has 0 unspecified atom stereocenters. The van der Waals surface area contributed by atoms with Gasteiger partial charge in [-0.2, -0.15) is 0 Å². The lowest BCUT2D eigenvalue weighted by Gasteiger charge is -2.01. The molecule has 0 aliphatic rings. The molecule has 0 saturated carbocycles. The summed E-state index contributed by atoms with van der Waals surface area (Å²) in [6.07, 6.45) is 0.132. The Balaban J connectivity index is 2.90. The number of esters is 1. The molecule has 13 heavy (non-hydrogen) atoms. The molecular formula is C8H5FIO2Si. The first-order valence-corrected chi connectivity index (χ1v) is 5.20. The Morgan fingerprint density at radius 2 is 2.31 bits per heavy atom. The molecule has 0 bridgehead atoms. The third-order valence-corrected chi connectivity index (χ3v) is 2.33. The minimum Gasteiger partial charge on any atom is -0.467 e. The van der Waals surface area contributed by atoms with E-state index >= 15 is 0 Å². The summed E-state index contributed by atoms with van der Waals surface area (Å²) >= 11 is 1.82. The van der Waals surface area contributed by atoms with Crippen molar-refractivity contribution in [2.24, 2.45) is 0 Å². The topological polar surface area (TPSA) is 26.3 Å². The van der Waals surface area contributed by atoms with Crippen LogP contribution in [0.25, 0.3) is 0 Å². The van der Waals surface area contributed by atoms with Crippen molar-refractivity contribution in [2.75, 3.05) is 6.23 Å². The highest BCUT2D eigenvalue weighted by Crippen LogP contribution is 2.13. The van der Waals surface area contributed by atoms with Crippen LogP contribution < -0.4 is 0 Å². The lowest BCUT2D eigenvalue weighted by Crippen LogP contribution is -2.06. The van der Waals surface area contributed by atoms with Gasteiger partial charge >= 0.3 is 5.97 Å². The Kier molecular flexibility index (Phi) is 3.85. The molecule has 1 aromatic carbocycles. The summed E-state index contributed by atoms with van der Waals surface area (Å²) in [5.74, 6) is -0.802. The molecule has 0 N–H and O–H groups in total. The second-order valence-electron chi connectivity index (χ2n) is 2.21. The van der Waals surface area contributed by atoms with Crippen LogP contribution in [0.1, 0.15) is 10.4 Å². The van der Waals surface area contributed by atoms with E-state index in [0.717, 1.165) is 0 Å². The van der Waals surface area contributed by atoms with Crippen LogP contribution in [-0.2, 0) is 4.74 Å². The average molecular weight is 307 g/mol. The molecule has 3 radical (unpaired) electrons. The van der Waals surface area contributed by atoms with Gasteiger partial charge in [0.2, 0.25) is 0 Å². The second-order valence-corrected chi connectivity index (χ2v) is 3.66. The van der Waals surface area contributed by atoms with Crippen LogP contribution >= 0.6 is 22.6 Å². The summed E-state index contributed by atoms with van der Waals surface area (Å²) < 4.78 is 17.9. The van der Waals surface area contributed by atoms with Crippen molar-refractivity contribution in [2.45, 2.75) is 0 Å². The number of rotatable bonds is 2. The Morgan fingerprint density at radius 1 is 1.62 bits per heavy atom. The maximum atomic E-state index is 12.8. The molecule has 0 spiro atoms.